The Kier molecular flexibility index (Phi) is 4.22. The van der Waals surface area contributed by atoms with Gasteiger partial charge in [0.25, 0.3) is 0 Å². The first-order valence-electron chi connectivity index (χ1n) is 5.99. The van der Waals surface area contributed by atoms with Gasteiger partial charge in [0.2, 0.25) is 0 Å². The molecule has 0 aromatic heterocycles. The molecular weight excluding hydrogens is 176 g/mol. The Balaban J connectivity index is 1.60. The third-order valence-electron chi connectivity index (χ3n) is 3.29. The summed E-state index contributed by atoms with van der Waals surface area (Å²) in [6.45, 7) is 4.23. The largest absolute Gasteiger partial charge is 0.381 e. The van der Waals surface area contributed by atoms with Gasteiger partial charge in [-0.1, -0.05) is 6.42 Å². The highest BCUT2D eigenvalue weighted by molar-refractivity contribution is 4.78. The molecule has 2 aliphatic rings. The van der Waals surface area contributed by atoms with Gasteiger partial charge < -0.3 is 15.4 Å². The normalized spacial score (nSPS) is 30.4. The highest BCUT2D eigenvalue weighted by Gasteiger charge is 2.16. The van der Waals surface area contributed by atoms with Crippen LogP contribution in [-0.4, -0.2) is 38.4 Å². The molecule has 0 aromatic carbocycles. The lowest BCUT2D eigenvalue weighted by molar-refractivity contribution is 0.0771. The van der Waals surface area contributed by atoms with Crippen LogP contribution < -0.4 is 10.6 Å². The highest BCUT2D eigenvalue weighted by Crippen LogP contribution is 2.09. The summed E-state index contributed by atoms with van der Waals surface area (Å²) in [6, 6.07) is 1.42. The fourth-order valence-electron chi connectivity index (χ4n) is 2.31. The molecule has 2 N–H and O–H groups in total. The Hall–Kier alpha value is -0.120. The maximum Gasteiger partial charge on any atom is 0.0480 e. The zero-order valence-corrected chi connectivity index (χ0v) is 8.93. The molecule has 1 atom stereocenters. The number of hydrogen-bond acceptors (Lipinski definition) is 3. The van der Waals surface area contributed by atoms with Crippen LogP contribution in [0.5, 0.6) is 0 Å². The van der Waals surface area contributed by atoms with Crippen LogP contribution in [0.2, 0.25) is 0 Å². The van der Waals surface area contributed by atoms with E-state index in [9.17, 15) is 0 Å². The fraction of sp³-hybridized carbons (Fsp3) is 1.00. The summed E-state index contributed by atoms with van der Waals surface area (Å²) in [5.41, 5.74) is 0. The first kappa shape index (κ1) is 10.4. The SMILES string of the molecule is C1CCC(CNC2CCOCC2)NC1. The van der Waals surface area contributed by atoms with Crippen LogP contribution in [0.25, 0.3) is 0 Å². The molecule has 0 aromatic rings. The first-order chi connectivity index (χ1) is 6.95. The number of hydrogen-bond donors (Lipinski definition) is 2. The summed E-state index contributed by atoms with van der Waals surface area (Å²) >= 11 is 0. The molecule has 2 heterocycles. The molecule has 2 saturated heterocycles. The average Bonchev–Trinajstić information content (AvgIpc) is 2.29. The minimum Gasteiger partial charge on any atom is -0.381 e. The standard InChI is InChI=1S/C11H22N2O/c1-2-6-12-11(3-1)9-13-10-4-7-14-8-5-10/h10-13H,1-9H2. The quantitative estimate of drug-likeness (QED) is 0.707. The van der Waals surface area contributed by atoms with Crippen LogP contribution in [0.4, 0.5) is 0 Å². The molecule has 14 heavy (non-hydrogen) atoms. The van der Waals surface area contributed by atoms with E-state index in [1.165, 1.54) is 38.6 Å². The predicted octanol–water partition coefficient (Wildman–Crippen LogP) is 0.897. The minimum atomic E-state index is 0.701. The van der Waals surface area contributed by atoms with Gasteiger partial charge in [0, 0.05) is 31.8 Å². The topological polar surface area (TPSA) is 33.3 Å². The second-order valence-electron chi connectivity index (χ2n) is 4.44. The van der Waals surface area contributed by atoms with Crippen LogP contribution >= 0.6 is 0 Å². The van der Waals surface area contributed by atoms with E-state index in [-0.39, 0.29) is 0 Å². The van der Waals surface area contributed by atoms with E-state index in [4.69, 9.17) is 4.74 Å². The fourth-order valence-corrected chi connectivity index (χ4v) is 2.31. The lowest BCUT2D eigenvalue weighted by Gasteiger charge is -2.28. The monoisotopic (exact) mass is 198 g/mol. The Morgan fingerprint density at radius 1 is 1.14 bits per heavy atom. The van der Waals surface area contributed by atoms with E-state index < -0.39 is 0 Å². The molecule has 0 spiro atoms. The molecule has 0 amide bonds. The van der Waals surface area contributed by atoms with Crippen molar-refractivity contribution in [3.63, 3.8) is 0 Å². The number of nitrogens with one attached hydrogen (secondary N) is 2. The molecule has 1 unspecified atom stereocenters. The van der Waals surface area contributed by atoms with Crippen molar-refractivity contribution < 1.29 is 4.74 Å². The molecule has 3 nitrogen and oxygen atoms in total. The maximum atomic E-state index is 5.34. The van der Waals surface area contributed by atoms with Gasteiger partial charge in [-0.05, 0) is 32.2 Å². The van der Waals surface area contributed by atoms with Crippen molar-refractivity contribution in [1.82, 2.24) is 10.6 Å². The van der Waals surface area contributed by atoms with Crippen LogP contribution in [-0.2, 0) is 4.74 Å². The van der Waals surface area contributed by atoms with Gasteiger partial charge in [0.15, 0.2) is 0 Å². The van der Waals surface area contributed by atoms with Crippen LogP contribution in [0.15, 0.2) is 0 Å². The molecule has 2 fully saturated rings. The molecule has 0 radical (unpaired) electrons. The Morgan fingerprint density at radius 2 is 2.00 bits per heavy atom. The maximum absolute atomic E-state index is 5.34. The summed E-state index contributed by atoms with van der Waals surface area (Å²) in [4.78, 5) is 0. The summed E-state index contributed by atoms with van der Waals surface area (Å²) in [5.74, 6) is 0. The zero-order valence-electron chi connectivity index (χ0n) is 8.93. The van der Waals surface area contributed by atoms with Crippen LogP contribution in [0.1, 0.15) is 32.1 Å². The van der Waals surface area contributed by atoms with Gasteiger partial charge >= 0.3 is 0 Å². The predicted molar refractivity (Wildman–Crippen MR) is 57.5 cm³/mol. The van der Waals surface area contributed by atoms with E-state index >= 15 is 0 Å². The molecule has 2 aliphatic heterocycles. The zero-order chi connectivity index (χ0) is 9.64. The number of piperidine rings is 1. The van der Waals surface area contributed by atoms with Crippen molar-refractivity contribution in [1.29, 1.82) is 0 Å². The summed E-state index contributed by atoms with van der Waals surface area (Å²) < 4.78 is 5.34. The lowest BCUT2D eigenvalue weighted by Crippen LogP contribution is -2.46. The van der Waals surface area contributed by atoms with Gasteiger partial charge in [-0.15, -0.1) is 0 Å². The molecule has 0 aliphatic carbocycles. The van der Waals surface area contributed by atoms with E-state index in [0.29, 0.717) is 12.1 Å². The molecular formula is C11H22N2O. The molecule has 3 heteroatoms. The second kappa shape index (κ2) is 5.69. The second-order valence-corrected chi connectivity index (χ2v) is 4.44. The summed E-state index contributed by atoms with van der Waals surface area (Å²) in [7, 11) is 0. The average molecular weight is 198 g/mol. The summed E-state index contributed by atoms with van der Waals surface area (Å²) in [6.07, 6.45) is 6.47. The van der Waals surface area contributed by atoms with Crippen molar-refractivity contribution in [2.75, 3.05) is 26.3 Å². The van der Waals surface area contributed by atoms with Gasteiger partial charge in [-0.2, -0.15) is 0 Å². The van der Waals surface area contributed by atoms with Crippen molar-refractivity contribution in [2.45, 2.75) is 44.2 Å². The van der Waals surface area contributed by atoms with Gasteiger partial charge in [-0.3, -0.25) is 0 Å². The van der Waals surface area contributed by atoms with Gasteiger partial charge in [0.05, 0.1) is 0 Å². The van der Waals surface area contributed by atoms with Crippen molar-refractivity contribution >= 4 is 0 Å². The Morgan fingerprint density at radius 3 is 2.71 bits per heavy atom. The van der Waals surface area contributed by atoms with Crippen LogP contribution in [0.3, 0.4) is 0 Å². The van der Waals surface area contributed by atoms with E-state index in [1.54, 1.807) is 0 Å². The van der Waals surface area contributed by atoms with Gasteiger partial charge in [0.1, 0.15) is 0 Å². The number of ether oxygens (including phenoxy) is 1. The van der Waals surface area contributed by atoms with E-state index in [0.717, 1.165) is 19.8 Å². The highest BCUT2D eigenvalue weighted by atomic mass is 16.5. The first-order valence-corrected chi connectivity index (χ1v) is 5.99. The Labute approximate surface area is 86.6 Å². The van der Waals surface area contributed by atoms with E-state index in [1.807, 2.05) is 0 Å². The third kappa shape index (κ3) is 3.23. The Bertz CT molecular complexity index is 133. The molecule has 0 bridgehead atoms. The molecule has 2 rings (SSSR count). The van der Waals surface area contributed by atoms with Crippen molar-refractivity contribution in [2.24, 2.45) is 0 Å². The lowest BCUT2D eigenvalue weighted by atomic mass is 10.0. The number of rotatable bonds is 3. The van der Waals surface area contributed by atoms with Crippen molar-refractivity contribution in [3.8, 4) is 0 Å². The van der Waals surface area contributed by atoms with Crippen LogP contribution in [0, 0.1) is 0 Å². The van der Waals surface area contributed by atoms with Gasteiger partial charge in [-0.25, -0.2) is 0 Å². The summed E-state index contributed by atoms with van der Waals surface area (Å²) in [5, 5.41) is 7.21. The minimum absolute atomic E-state index is 0.701. The molecule has 82 valence electrons. The smallest absolute Gasteiger partial charge is 0.0480 e. The van der Waals surface area contributed by atoms with Crippen molar-refractivity contribution in [3.05, 3.63) is 0 Å². The van der Waals surface area contributed by atoms with E-state index in [2.05, 4.69) is 10.6 Å². The molecule has 0 saturated carbocycles. The third-order valence-corrected chi connectivity index (χ3v) is 3.29.